The summed E-state index contributed by atoms with van der Waals surface area (Å²) >= 11 is 1.42. The highest BCUT2D eigenvalue weighted by Crippen LogP contribution is 2.20. The predicted molar refractivity (Wildman–Crippen MR) is 49.1 cm³/mol. The number of thiazole rings is 1. The van der Waals surface area contributed by atoms with E-state index in [1.165, 1.54) is 11.3 Å². The lowest BCUT2D eigenvalue weighted by Gasteiger charge is -1.90. The van der Waals surface area contributed by atoms with Gasteiger partial charge in [-0.15, -0.1) is 17.8 Å². The summed E-state index contributed by atoms with van der Waals surface area (Å²) in [7, 11) is 0. The topological polar surface area (TPSA) is 42.0 Å². The van der Waals surface area contributed by atoms with Gasteiger partial charge in [-0.3, -0.25) is 10.1 Å². The number of nitrogens with zero attached hydrogens (tertiary/aromatic N) is 1. The maximum atomic E-state index is 10.7. The van der Waals surface area contributed by atoms with E-state index in [-0.39, 0.29) is 0 Å². The Bertz CT molecular complexity index is 329. The minimum absolute atomic E-state index is 0.455. The predicted octanol–water partition coefficient (Wildman–Crippen LogP) is 1.33. The average Bonchev–Trinajstić information content (AvgIpc) is 2.31. The van der Waals surface area contributed by atoms with E-state index < -0.39 is 5.91 Å². The minimum atomic E-state index is -0.455. The molecule has 1 heterocycles. The summed E-state index contributed by atoms with van der Waals surface area (Å²) in [6.45, 7) is 3.83. The summed E-state index contributed by atoms with van der Waals surface area (Å²) in [5, 5.41) is 3.05. The van der Waals surface area contributed by atoms with Crippen molar-refractivity contribution in [2.75, 3.05) is 5.32 Å². The smallest absolute Gasteiger partial charge is 0.291 e. The molecule has 0 spiro atoms. The van der Waals surface area contributed by atoms with Gasteiger partial charge < -0.3 is 0 Å². The summed E-state index contributed by atoms with van der Waals surface area (Å²) in [4.78, 5) is 15.9. The van der Waals surface area contributed by atoms with Crippen LogP contribution in [0.3, 0.4) is 0 Å². The lowest BCUT2D eigenvalue weighted by atomic mass is 10.4. The van der Waals surface area contributed by atoms with Crippen molar-refractivity contribution in [3.05, 3.63) is 10.6 Å². The maximum Gasteiger partial charge on any atom is 0.301 e. The van der Waals surface area contributed by atoms with E-state index in [1.807, 2.05) is 19.8 Å². The number of terminal acetylenes is 1. The average molecular weight is 180 g/mol. The number of nitrogens with one attached hydrogen (secondary N) is 1. The molecule has 0 saturated carbocycles. The molecule has 3 nitrogen and oxygen atoms in total. The van der Waals surface area contributed by atoms with Crippen LogP contribution in [0.5, 0.6) is 0 Å². The van der Waals surface area contributed by atoms with E-state index in [4.69, 9.17) is 6.42 Å². The first-order valence-electron chi connectivity index (χ1n) is 3.35. The Balaban J connectivity index is 2.79. The lowest BCUT2D eigenvalue weighted by Crippen LogP contribution is -2.07. The van der Waals surface area contributed by atoms with Gasteiger partial charge in [0.15, 0.2) is 5.13 Å². The third kappa shape index (κ3) is 1.83. The normalized spacial score (nSPS) is 9.08. The molecule has 0 saturated heterocycles. The monoisotopic (exact) mass is 180 g/mol. The van der Waals surface area contributed by atoms with Gasteiger partial charge in [-0.25, -0.2) is 4.98 Å². The van der Waals surface area contributed by atoms with Crippen molar-refractivity contribution in [3.63, 3.8) is 0 Å². The molecule has 0 aliphatic rings. The maximum absolute atomic E-state index is 10.7. The zero-order valence-corrected chi connectivity index (χ0v) is 7.66. The van der Waals surface area contributed by atoms with Crippen molar-refractivity contribution < 1.29 is 4.79 Å². The Morgan fingerprint density at radius 2 is 2.33 bits per heavy atom. The molecule has 1 aromatic rings. The minimum Gasteiger partial charge on any atom is -0.291 e. The molecule has 1 rings (SSSR count). The van der Waals surface area contributed by atoms with Crippen LogP contribution in [0.15, 0.2) is 0 Å². The zero-order chi connectivity index (χ0) is 9.14. The number of aryl methyl sites for hydroxylation is 2. The van der Waals surface area contributed by atoms with E-state index >= 15 is 0 Å². The number of hydrogen-bond donors (Lipinski definition) is 1. The van der Waals surface area contributed by atoms with Gasteiger partial charge in [0.25, 0.3) is 0 Å². The number of hydrogen-bond acceptors (Lipinski definition) is 3. The summed E-state index contributed by atoms with van der Waals surface area (Å²) in [5.41, 5.74) is 0.923. The second-order valence-corrected chi connectivity index (χ2v) is 3.46. The number of carbonyl (C=O) groups excluding carboxylic acids is 1. The molecule has 0 bridgehead atoms. The molecule has 62 valence electrons. The highest BCUT2D eigenvalue weighted by molar-refractivity contribution is 7.15. The molecule has 1 aromatic heterocycles. The van der Waals surface area contributed by atoms with E-state index in [0.29, 0.717) is 5.13 Å². The lowest BCUT2D eigenvalue weighted by molar-refractivity contribution is -0.111. The van der Waals surface area contributed by atoms with E-state index in [9.17, 15) is 4.79 Å². The largest absolute Gasteiger partial charge is 0.301 e. The van der Waals surface area contributed by atoms with Gasteiger partial charge in [-0.05, 0) is 19.8 Å². The molecular weight excluding hydrogens is 172 g/mol. The Morgan fingerprint density at radius 3 is 2.75 bits per heavy atom. The molecule has 0 aliphatic carbocycles. The van der Waals surface area contributed by atoms with Crippen LogP contribution in [0.4, 0.5) is 5.13 Å². The van der Waals surface area contributed by atoms with Crippen molar-refractivity contribution >= 4 is 22.4 Å². The van der Waals surface area contributed by atoms with Crippen LogP contribution < -0.4 is 5.32 Å². The van der Waals surface area contributed by atoms with E-state index in [2.05, 4.69) is 10.3 Å². The summed E-state index contributed by atoms with van der Waals surface area (Å²) in [5.74, 6) is 1.50. The number of rotatable bonds is 1. The van der Waals surface area contributed by atoms with E-state index in [1.54, 1.807) is 0 Å². The SMILES string of the molecule is C#CC(=O)Nc1nc(C)c(C)s1. The standard InChI is InChI=1S/C8H8N2OS/c1-4-7(11)10-8-9-5(2)6(3)12-8/h1H,2-3H3,(H,9,10,11). The molecule has 12 heavy (non-hydrogen) atoms. The van der Waals surface area contributed by atoms with Gasteiger partial charge in [0, 0.05) is 4.88 Å². The molecule has 0 radical (unpaired) electrons. The summed E-state index contributed by atoms with van der Waals surface area (Å²) < 4.78 is 0. The Kier molecular flexibility index (Phi) is 2.46. The van der Waals surface area contributed by atoms with Crippen LogP contribution >= 0.6 is 11.3 Å². The third-order valence-corrected chi connectivity index (χ3v) is 2.37. The molecule has 1 amide bonds. The molecule has 0 atom stereocenters. The molecule has 0 fully saturated rings. The van der Waals surface area contributed by atoms with Gasteiger partial charge in [0.2, 0.25) is 0 Å². The van der Waals surface area contributed by atoms with Crippen molar-refractivity contribution in [1.29, 1.82) is 0 Å². The Labute approximate surface area is 74.8 Å². The third-order valence-electron chi connectivity index (χ3n) is 1.38. The molecule has 4 heteroatoms. The van der Waals surface area contributed by atoms with Crippen molar-refractivity contribution in [1.82, 2.24) is 4.98 Å². The Hall–Kier alpha value is -1.34. The van der Waals surface area contributed by atoms with Crippen LogP contribution in [0.2, 0.25) is 0 Å². The van der Waals surface area contributed by atoms with Crippen LogP contribution in [0.25, 0.3) is 0 Å². The molecule has 0 unspecified atom stereocenters. The molecular formula is C8H8N2OS. The first-order chi connectivity index (χ1) is 5.63. The first-order valence-corrected chi connectivity index (χ1v) is 4.16. The van der Waals surface area contributed by atoms with Crippen LogP contribution in [0, 0.1) is 26.2 Å². The zero-order valence-electron chi connectivity index (χ0n) is 6.84. The molecule has 0 aromatic carbocycles. The number of carbonyl (C=O) groups is 1. The quantitative estimate of drug-likeness (QED) is 0.662. The first kappa shape index (κ1) is 8.75. The fourth-order valence-electron chi connectivity index (χ4n) is 0.659. The number of aromatic nitrogens is 1. The second kappa shape index (κ2) is 3.37. The van der Waals surface area contributed by atoms with Crippen LogP contribution in [-0.2, 0) is 4.79 Å². The fraction of sp³-hybridized carbons (Fsp3) is 0.250. The van der Waals surface area contributed by atoms with Crippen molar-refractivity contribution in [2.24, 2.45) is 0 Å². The van der Waals surface area contributed by atoms with Crippen molar-refractivity contribution in [2.45, 2.75) is 13.8 Å². The fourth-order valence-corrected chi connectivity index (χ4v) is 1.47. The highest BCUT2D eigenvalue weighted by Gasteiger charge is 2.04. The number of amides is 1. The second-order valence-electron chi connectivity index (χ2n) is 2.26. The van der Waals surface area contributed by atoms with Gasteiger partial charge in [0.1, 0.15) is 0 Å². The van der Waals surface area contributed by atoms with E-state index in [0.717, 1.165) is 10.6 Å². The summed E-state index contributed by atoms with van der Waals surface area (Å²) in [6.07, 6.45) is 4.88. The molecule has 1 N–H and O–H groups in total. The molecule has 0 aliphatic heterocycles. The summed E-state index contributed by atoms with van der Waals surface area (Å²) in [6, 6.07) is 0. The van der Waals surface area contributed by atoms with Gasteiger partial charge in [-0.2, -0.15) is 0 Å². The van der Waals surface area contributed by atoms with Crippen molar-refractivity contribution in [3.8, 4) is 12.3 Å². The highest BCUT2D eigenvalue weighted by atomic mass is 32.1. The van der Waals surface area contributed by atoms with Gasteiger partial charge >= 0.3 is 5.91 Å². The van der Waals surface area contributed by atoms with Gasteiger partial charge in [0.05, 0.1) is 5.69 Å². The number of anilines is 1. The van der Waals surface area contributed by atoms with Gasteiger partial charge in [-0.1, -0.05) is 0 Å². The van der Waals surface area contributed by atoms with Crippen LogP contribution in [-0.4, -0.2) is 10.9 Å². The Morgan fingerprint density at radius 1 is 1.67 bits per heavy atom. The van der Waals surface area contributed by atoms with Crippen LogP contribution in [0.1, 0.15) is 10.6 Å².